The molecule has 1 rings (SSSR count). The van der Waals surface area contributed by atoms with E-state index < -0.39 is 0 Å². The number of quaternary nitrogens is 2. The number of rotatable bonds is 8. The molecule has 26 heavy (non-hydrogen) atoms. The van der Waals surface area contributed by atoms with E-state index >= 15 is 0 Å². The lowest BCUT2D eigenvalue weighted by Crippen LogP contribution is -2.39. The highest BCUT2D eigenvalue weighted by Crippen LogP contribution is 2.17. The van der Waals surface area contributed by atoms with Crippen molar-refractivity contribution in [3.8, 4) is 35.2 Å². The Bertz CT molecular complexity index is 596. The molecule has 1 aromatic rings. The van der Waals surface area contributed by atoms with Crippen molar-refractivity contribution in [2.45, 2.75) is 13.8 Å². The van der Waals surface area contributed by atoms with Crippen LogP contribution < -0.4 is 9.47 Å². The molecule has 0 N–H and O–H groups in total. The van der Waals surface area contributed by atoms with Gasteiger partial charge in [0.05, 0.1) is 41.3 Å². The molecule has 0 aliphatic rings. The summed E-state index contributed by atoms with van der Waals surface area (Å²) >= 11 is 0. The molecule has 0 aliphatic carbocycles. The average molecular weight is 359 g/mol. The van der Waals surface area contributed by atoms with Crippen molar-refractivity contribution in [2.24, 2.45) is 0 Å². The molecule has 0 amide bonds. The van der Waals surface area contributed by atoms with Crippen molar-refractivity contribution < 1.29 is 18.4 Å². The first-order valence-electron chi connectivity index (χ1n) is 9.19. The Balaban J connectivity index is 2.34. The van der Waals surface area contributed by atoms with Gasteiger partial charge in [-0.25, -0.2) is 0 Å². The highest BCUT2D eigenvalue weighted by molar-refractivity contribution is 5.31. The Hall–Kier alpha value is -2.14. The quantitative estimate of drug-likeness (QED) is 0.525. The van der Waals surface area contributed by atoms with Crippen molar-refractivity contribution in [3.05, 3.63) is 24.3 Å². The molecule has 0 unspecified atom stereocenters. The van der Waals surface area contributed by atoms with Crippen molar-refractivity contribution in [1.82, 2.24) is 0 Å². The molecule has 142 valence electrons. The van der Waals surface area contributed by atoms with Crippen LogP contribution in [0.2, 0.25) is 0 Å². The molecular weight excluding hydrogens is 324 g/mol. The van der Waals surface area contributed by atoms with Crippen LogP contribution in [-0.2, 0) is 0 Å². The second-order valence-electron chi connectivity index (χ2n) is 7.58. The SMILES string of the molecule is CC[N+](C)(C)CC#CCOc1ccc(OCC#CC[N+](C)(C)CC)cc1. The standard InChI is InChI=1S/C22H34N2O2/c1-7-23(3,4)17-9-11-19-25-21-13-15-22(16-14-21)26-20-12-10-18-24(5,6)8-2/h13-16H,7-8,17-20H2,1-6H3/q+2. The van der Waals surface area contributed by atoms with Crippen LogP contribution in [0.1, 0.15) is 13.8 Å². The predicted octanol–water partition coefficient (Wildman–Crippen LogP) is 2.64. The molecule has 0 heterocycles. The third kappa shape index (κ3) is 9.37. The molecule has 1 aromatic carbocycles. The molecule has 0 aromatic heterocycles. The molecule has 0 saturated carbocycles. The molecule has 0 radical (unpaired) electrons. The van der Waals surface area contributed by atoms with Crippen LogP contribution in [0.3, 0.4) is 0 Å². The highest BCUT2D eigenvalue weighted by Gasteiger charge is 2.08. The van der Waals surface area contributed by atoms with E-state index in [1.807, 2.05) is 24.3 Å². The first-order chi connectivity index (χ1) is 12.3. The maximum Gasteiger partial charge on any atom is 0.149 e. The molecule has 0 atom stereocenters. The minimum Gasteiger partial charge on any atom is -0.481 e. The summed E-state index contributed by atoms with van der Waals surface area (Å²) in [7, 11) is 8.68. The molecule has 4 nitrogen and oxygen atoms in total. The van der Waals surface area contributed by atoms with E-state index in [0.29, 0.717) is 13.2 Å². The zero-order chi connectivity index (χ0) is 19.5. The largest absolute Gasteiger partial charge is 0.481 e. The van der Waals surface area contributed by atoms with Crippen molar-refractivity contribution >= 4 is 0 Å². The van der Waals surface area contributed by atoms with Gasteiger partial charge in [0, 0.05) is 0 Å². The van der Waals surface area contributed by atoms with Gasteiger partial charge < -0.3 is 18.4 Å². The first kappa shape index (κ1) is 21.9. The van der Waals surface area contributed by atoms with Gasteiger partial charge >= 0.3 is 0 Å². The van der Waals surface area contributed by atoms with E-state index in [9.17, 15) is 0 Å². The van der Waals surface area contributed by atoms with E-state index in [2.05, 4.69) is 65.7 Å². The Morgan fingerprint density at radius 1 is 0.654 bits per heavy atom. The minimum absolute atomic E-state index is 0.404. The monoisotopic (exact) mass is 358 g/mol. The van der Waals surface area contributed by atoms with Crippen molar-refractivity contribution in [3.63, 3.8) is 0 Å². The van der Waals surface area contributed by atoms with E-state index in [4.69, 9.17) is 9.47 Å². The number of nitrogens with zero attached hydrogens (tertiary/aromatic N) is 2. The lowest BCUT2D eigenvalue weighted by atomic mass is 10.3. The van der Waals surface area contributed by atoms with Gasteiger partial charge in [-0.1, -0.05) is 11.8 Å². The molecule has 0 saturated heterocycles. The maximum absolute atomic E-state index is 5.64. The number of benzene rings is 1. The van der Waals surface area contributed by atoms with Gasteiger partial charge in [-0.3, -0.25) is 0 Å². The third-order valence-electron chi connectivity index (χ3n) is 4.42. The van der Waals surface area contributed by atoms with Crippen LogP contribution in [0.4, 0.5) is 0 Å². The Morgan fingerprint density at radius 3 is 1.31 bits per heavy atom. The predicted molar refractivity (Wildman–Crippen MR) is 108 cm³/mol. The first-order valence-corrected chi connectivity index (χ1v) is 9.19. The summed E-state index contributed by atoms with van der Waals surface area (Å²) in [5, 5.41) is 0. The average Bonchev–Trinajstić information content (AvgIpc) is 2.62. The Morgan fingerprint density at radius 2 is 1.00 bits per heavy atom. The van der Waals surface area contributed by atoms with Crippen LogP contribution in [-0.4, -0.2) is 76.5 Å². The molecular formula is C22H34N2O2+2. The van der Waals surface area contributed by atoms with Crippen molar-refractivity contribution in [1.29, 1.82) is 0 Å². The Kier molecular flexibility index (Phi) is 9.07. The molecule has 0 fully saturated rings. The summed E-state index contributed by atoms with van der Waals surface area (Å²) < 4.78 is 13.1. The zero-order valence-corrected chi connectivity index (χ0v) is 17.3. The van der Waals surface area contributed by atoms with Gasteiger partial charge in [-0.2, -0.15) is 0 Å². The maximum atomic E-state index is 5.64. The van der Waals surface area contributed by atoms with Gasteiger partial charge in [0.15, 0.2) is 0 Å². The molecule has 0 bridgehead atoms. The van der Waals surface area contributed by atoms with E-state index in [-0.39, 0.29) is 0 Å². The number of hydrogen-bond acceptors (Lipinski definition) is 2. The topological polar surface area (TPSA) is 18.5 Å². The van der Waals surface area contributed by atoms with Gasteiger partial charge in [-0.05, 0) is 50.0 Å². The zero-order valence-electron chi connectivity index (χ0n) is 17.3. The molecule has 0 aliphatic heterocycles. The summed E-state index contributed by atoms with van der Waals surface area (Å²) in [6.45, 7) is 8.94. The van der Waals surface area contributed by atoms with Crippen molar-refractivity contribution in [2.75, 3.05) is 67.6 Å². The smallest absolute Gasteiger partial charge is 0.149 e. The fourth-order valence-electron chi connectivity index (χ4n) is 1.74. The van der Waals surface area contributed by atoms with Crippen LogP contribution in [0.5, 0.6) is 11.5 Å². The summed E-state index contributed by atoms with van der Waals surface area (Å²) in [5.74, 6) is 14.1. The molecule has 4 heteroatoms. The fraction of sp³-hybridized carbons (Fsp3) is 0.545. The second-order valence-corrected chi connectivity index (χ2v) is 7.58. The van der Waals surface area contributed by atoms with Gasteiger partial charge in [0.25, 0.3) is 0 Å². The van der Waals surface area contributed by atoms with Gasteiger partial charge in [0.2, 0.25) is 0 Å². The third-order valence-corrected chi connectivity index (χ3v) is 4.42. The van der Waals surface area contributed by atoms with Crippen LogP contribution in [0, 0.1) is 23.7 Å². The van der Waals surface area contributed by atoms with E-state index in [1.165, 1.54) is 0 Å². The summed E-state index contributed by atoms with van der Waals surface area (Å²) in [6.07, 6.45) is 0. The second kappa shape index (κ2) is 10.8. The summed E-state index contributed by atoms with van der Waals surface area (Å²) in [6, 6.07) is 7.59. The van der Waals surface area contributed by atoms with Crippen LogP contribution in [0.15, 0.2) is 24.3 Å². The number of ether oxygens (including phenoxy) is 2. The summed E-state index contributed by atoms with van der Waals surface area (Å²) in [4.78, 5) is 0. The fourth-order valence-corrected chi connectivity index (χ4v) is 1.74. The van der Waals surface area contributed by atoms with E-state index in [0.717, 1.165) is 46.6 Å². The normalized spacial score (nSPS) is 11.0. The van der Waals surface area contributed by atoms with Crippen LogP contribution in [0.25, 0.3) is 0 Å². The van der Waals surface area contributed by atoms with Crippen LogP contribution >= 0.6 is 0 Å². The lowest BCUT2D eigenvalue weighted by molar-refractivity contribution is -0.881. The summed E-state index contributed by atoms with van der Waals surface area (Å²) in [5.41, 5.74) is 0. The minimum atomic E-state index is 0.404. The van der Waals surface area contributed by atoms with Gasteiger partial charge in [-0.15, -0.1) is 0 Å². The van der Waals surface area contributed by atoms with Gasteiger partial charge in [0.1, 0.15) is 37.8 Å². The lowest BCUT2D eigenvalue weighted by Gasteiger charge is -2.25. The molecule has 0 spiro atoms. The highest BCUT2D eigenvalue weighted by atomic mass is 16.5. The number of hydrogen-bond donors (Lipinski definition) is 0. The Labute approximate surface area is 159 Å². The van der Waals surface area contributed by atoms with E-state index in [1.54, 1.807) is 0 Å².